The number of aryl methyl sites for hydroxylation is 2. The zero-order chi connectivity index (χ0) is 31.3. The summed E-state index contributed by atoms with van der Waals surface area (Å²) >= 11 is 0. The molecule has 0 amide bonds. The molecule has 2 N–H and O–H groups in total. The normalized spacial score (nSPS) is 10.8. The maximum absolute atomic E-state index is 12.0. The van der Waals surface area contributed by atoms with Gasteiger partial charge in [0.2, 0.25) is 0 Å². The molecule has 0 aliphatic carbocycles. The summed E-state index contributed by atoms with van der Waals surface area (Å²) < 4.78 is 24.0. The van der Waals surface area contributed by atoms with Crippen molar-refractivity contribution in [3.05, 3.63) is 162 Å². The van der Waals surface area contributed by atoms with Crippen molar-refractivity contribution < 1.29 is 45.2 Å². The molecule has 0 aliphatic heterocycles. The Bertz CT molecular complexity index is 1810. The van der Waals surface area contributed by atoms with Crippen LogP contribution in [0.15, 0.2) is 140 Å². The van der Waals surface area contributed by atoms with Gasteiger partial charge in [0.15, 0.2) is 0 Å². The van der Waals surface area contributed by atoms with Crippen molar-refractivity contribution in [2.75, 3.05) is 0 Å². The van der Waals surface area contributed by atoms with Crippen molar-refractivity contribution in [2.24, 2.45) is 0 Å². The Kier molecular flexibility index (Phi) is 11.1. The molecule has 6 heteroatoms. The van der Waals surface area contributed by atoms with Crippen LogP contribution in [-0.2, 0) is 26.2 Å². The largest absolute Gasteiger partial charge is 2.00 e. The third-order valence-electron chi connectivity index (χ3n) is 8.00. The van der Waals surface area contributed by atoms with Crippen molar-refractivity contribution in [3.8, 4) is 11.5 Å². The molecule has 0 aliphatic rings. The van der Waals surface area contributed by atoms with Gasteiger partial charge in [0.05, 0.1) is 0 Å². The number of halogens is 2. The Hall–Kier alpha value is -4.12. The van der Waals surface area contributed by atoms with Gasteiger partial charge < -0.3 is 10.2 Å². The van der Waals surface area contributed by atoms with Gasteiger partial charge in [-0.2, -0.15) is 10.4 Å². The number of fused-ring (bicyclic) bond motifs is 2. The standard InChI is InChI=1S/C27H24Si.2C6H5FO.Zr/c1-19-17-21-11-7-9-15-24(21)26(19)28(3,23-13-5-4-6-14-23)27-20(2)18-22-12-8-10-16-25(22)27;2*7-5-1-3-6(8)4-2-5;/h4-18H,1-3H3;2*1-4,8H;/q-2;;;+2. The van der Waals surface area contributed by atoms with Crippen molar-refractivity contribution in [1.82, 2.24) is 0 Å². The smallest absolute Gasteiger partial charge is 0.508 e. The van der Waals surface area contributed by atoms with E-state index >= 15 is 0 Å². The van der Waals surface area contributed by atoms with Gasteiger partial charge in [-0.25, -0.2) is 8.78 Å². The van der Waals surface area contributed by atoms with Gasteiger partial charge in [0.25, 0.3) is 0 Å². The van der Waals surface area contributed by atoms with E-state index in [1.54, 1.807) is 10.4 Å². The fourth-order valence-electron chi connectivity index (χ4n) is 6.13. The van der Waals surface area contributed by atoms with E-state index in [1.165, 1.54) is 86.4 Å². The number of rotatable bonds is 3. The summed E-state index contributed by atoms with van der Waals surface area (Å²) in [5.74, 6) is -0.483. The molecule has 0 atom stereocenters. The SMILES string of the molecule is Cc1[cH-]c2ccccc2c1[Si](C)(c1ccccc1)c1c(C)[cH-]c2ccccc12.Oc1ccc(F)cc1.Oc1ccc(F)cc1.[Zr+2]. The minimum atomic E-state index is -2.19. The van der Waals surface area contributed by atoms with E-state index < -0.39 is 8.07 Å². The molecule has 0 aromatic heterocycles. The Morgan fingerprint density at radius 2 is 0.867 bits per heavy atom. The first kappa shape index (κ1) is 33.8. The van der Waals surface area contributed by atoms with E-state index in [-0.39, 0.29) is 49.3 Å². The molecule has 224 valence electrons. The number of hydrogen-bond acceptors (Lipinski definition) is 2. The van der Waals surface area contributed by atoms with Crippen LogP contribution in [0, 0.1) is 25.5 Å². The molecule has 0 spiro atoms. The molecule has 0 bridgehead atoms. The van der Waals surface area contributed by atoms with Crippen molar-refractivity contribution in [3.63, 3.8) is 0 Å². The molecule has 7 aromatic rings. The van der Waals surface area contributed by atoms with E-state index in [0.717, 1.165) is 0 Å². The summed E-state index contributed by atoms with van der Waals surface area (Å²) in [6.07, 6.45) is 0. The maximum Gasteiger partial charge on any atom is 2.00 e. The van der Waals surface area contributed by atoms with Crippen LogP contribution in [0.2, 0.25) is 6.55 Å². The van der Waals surface area contributed by atoms with E-state index in [0.29, 0.717) is 0 Å². The Morgan fingerprint density at radius 1 is 0.511 bits per heavy atom. The third-order valence-corrected chi connectivity index (χ3v) is 12.8. The second-order valence-corrected chi connectivity index (χ2v) is 14.9. The topological polar surface area (TPSA) is 40.5 Å². The summed E-state index contributed by atoms with van der Waals surface area (Å²) in [5.41, 5.74) is 2.84. The minimum absolute atomic E-state index is 0. The zero-order valence-corrected chi connectivity index (χ0v) is 28.9. The van der Waals surface area contributed by atoms with Crippen LogP contribution in [0.5, 0.6) is 11.5 Å². The molecular formula is C39H34F2O2SiZr. The van der Waals surface area contributed by atoms with E-state index in [2.05, 4.69) is 111 Å². The molecule has 0 unspecified atom stereocenters. The second kappa shape index (κ2) is 14.8. The summed E-state index contributed by atoms with van der Waals surface area (Å²) in [5, 5.41) is 27.3. The van der Waals surface area contributed by atoms with Crippen molar-refractivity contribution >= 4 is 45.2 Å². The van der Waals surface area contributed by atoms with E-state index in [1.807, 2.05) is 0 Å². The molecule has 0 saturated heterocycles. The fraction of sp³-hybridized carbons (Fsp3) is 0.0769. The van der Waals surface area contributed by atoms with Crippen molar-refractivity contribution in [2.45, 2.75) is 20.4 Å². The average Bonchev–Trinajstić information content (AvgIpc) is 3.56. The second-order valence-electron chi connectivity index (χ2n) is 11.0. The molecule has 0 saturated carbocycles. The maximum atomic E-state index is 12.0. The third kappa shape index (κ3) is 7.41. The Labute approximate surface area is 283 Å². The van der Waals surface area contributed by atoms with Crippen LogP contribution in [0.25, 0.3) is 21.5 Å². The molecule has 0 fully saturated rings. The average molecular weight is 692 g/mol. The zero-order valence-electron chi connectivity index (χ0n) is 25.4. The summed E-state index contributed by atoms with van der Waals surface area (Å²) in [7, 11) is -2.19. The number of phenols is 2. The first-order valence-electron chi connectivity index (χ1n) is 14.4. The summed E-state index contributed by atoms with van der Waals surface area (Å²) in [4.78, 5) is 0. The predicted molar refractivity (Wildman–Crippen MR) is 182 cm³/mol. The molecule has 7 rings (SSSR count). The van der Waals surface area contributed by atoms with Crippen LogP contribution < -0.4 is 15.6 Å². The Morgan fingerprint density at radius 3 is 1.24 bits per heavy atom. The van der Waals surface area contributed by atoms with Crippen LogP contribution >= 0.6 is 0 Å². The van der Waals surface area contributed by atoms with Gasteiger partial charge in [-0.05, 0) is 48.5 Å². The van der Waals surface area contributed by atoms with Gasteiger partial charge in [-0.3, -0.25) is 0 Å². The van der Waals surface area contributed by atoms with Crippen LogP contribution in [-0.4, -0.2) is 18.3 Å². The monoisotopic (exact) mass is 690 g/mol. The number of hydrogen-bond donors (Lipinski definition) is 2. The van der Waals surface area contributed by atoms with Crippen LogP contribution in [0.3, 0.4) is 0 Å². The number of phenolic OH excluding ortho intramolecular Hbond substituents is 2. The van der Waals surface area contributed by atoms with Gasteiger partial charge in [-0.1, -0.05) is 68.0 Å². The van der Waals surface area contributed by atoms with Gasteiger partial charge >= 0.3 is 26.2 Å². The molecule has 45 heavy (non-hydrogen) atoms. The van der Waals surface area contributed by atoms with Crippen LogP contribution in [0.1, 0.15) is 11.1 Å². The number of aromatic hydroxyl groups is 2. The Balaban J connectivity index is 0.000000222. The quantitative estimate of drug-likeness (QED) is 0.145. The molecule has 2 nitrogen and oxygen atoms in total. The summed E-state index contributed by atoms with van der Waals surface area (Å²) in [6, 6.07) is 43.8. The van der Waals surface area contributed by atoms with Crippen LogP contribution in [0.4, 0.5) is 8.78 Å². The molecule has 0 heterocycles. The van der Waals surface area contributed by atoms with Gasteiger partial charge in [0.1, 0.15) is 23.1 Å². The van der Waals surface area contributed by atoms with Gasteiger partial charge in [-0.15, -0.1) is 81.2 Å². The molecule has 0 radical (unpaired) electrons. The van der Waals surface area contributed by atoms with E-state index in [9.17, 15) is 8.78 Å². The molecular weight excluding hydrogens is 658 g/mol. The number of benzene rings is 5. The molecule has 7 aromatic carbocycles. The first-order chi connectivity index (χ1) is 21.2. The first-order valence-corrected chi connectivity index (χ1v) is 16.9. The summed E-state index contributed by atoms with van der Waals surface area (Å²) in [6.45, 7) is 7.14. The minimum Gasteiger partial charge on any atom is -0.508 e. The predicted octanol–water partition coefficient (Wildman–Crippen LogP) is 8.21. The fourth-order valence-corrected chi connectivity index (χ4v) is 11.1. The van der Waals surface area contributed by atoms with E-state index in [4.69, 9.17) is 10.2 Å². The van der Waals surface area contributed by atoms with Gasteiger partial charge in [0, 0.05) is 8.07 Å². The van der Waals surface area contributed by atoms with Crippen molar-refractivity contribution in [1.29, 1.82) is 0 Å².